The average molecular weight is 212 g/mol. The highest BCUT2D eigenvalue weighted by Crippen LogP contribution is 2.14. The maximum Gasteiger partial charge on any atom is 0.0109 e. The number of piperidine rings is 1. The Bertz CT molecular complexity index is 166. The molecule has 0 unspecified atom stereocenters. The molecule has 0 aliphatic carbocycles. The van der Waals surface area contributed by atoms with Crippen LogP contribution in [0.2, 0.25) is 0 Å². The van der Waals surface area contributed by atoms with E-state index in [-0.39, 0.29) is 0 Å². The average Bonchev–Trinajstić information content (AvgIpc) is 2.14. The lowest BCUT2D eigenvalue weighted by atomic mass is 9.96. The Kier molecular flexibility index (Phi) is 5.07. The molecule has 1 aliphatic rings. The highest BCUT2D eigenvalue weighted by atomic mass is 15.2. The minimum atomic E-state index is 0.427. The number of hydrogen-bond acceptors (Lipinski definition) is 2. The van der Waals surface area contributed by atoms with Gasteiger partial charge < -0.3 is 9.80 Å². The summed E-state index contributed by atoms with van der Waals surface area (Å²) in [4.78, 5) is 5.08. The second-order valence-corrected chi connectivity index (χ2v) is 6.20. The Morgan fingerprint density at radius 3 is 2.20 bits per heavy atom. The van der Waals surface area contributed by atoms with E-state index in [9.17, 15) is 0 Å². The van der Waals surface area contributed by atoms with E-state index in [1.54, 1.807) is 0 Å². The van der Waals surface area contributed by atoms with Crippen LogP contribution in [0.3, 0.4) is 0 Å². The van der Waals surface area contributed by atoms with Crippen LogP contribution in [0.5, 0.6) is 0 Å². The molecule has 2 nitrogen and oxygen atoms in total. The monoisotopic (exact) mass is 212 g/mol. The molecule has 1 saturated heterocycles. The molecule has 0 N–H and O–H groups in total. The van der Waals surface area contributed by atoms with E-state index in [0.29, 0.717) is 5.41 Å². The van der Waals surface area contributed by atoms with Gasteiger partial charge in [-0.3, -0.25) is 0 Å². The molecule has 0 radical (unpaired) electrons. The maximum absolute atomic E-state index is 2.61. The van der Waals surface area contributed by atoms with Gasteiger partial charge in [-0.15, -0.1) is 0 Å². The predicted octanol–water partition coefficient (Wildman–Crippen LogP) is 2.45. The smallest absolute Gasteiger partial charge is 0.0109 e. The minimum Gasteiger partial charge on any atom is -0.305 e. The standard InChI is InChI=1S/C13H28N2/c1-13(2,3)12-14(4)10-11-15-8-6-5-7-9-15/h5-12H2,1-4H3. The fourth-order valence-corrected chi connectivity index (χ4v) is 2.38. The highest BCUT2D eigenvalue weighted by molar-refractivity contribution is 4.69. The molecule has 0 atom stereocenters. The summed E-state index contributed by atoms with van der Waals surface area (Å²) in [6.45, 7) is 13.2. The van der Waals surface area contributed by atoms with Gasteiger partial charge in [0.1, 0.15) is 0 Å². The molecule has 1 aliphatic heterocycles. The second kappa shape index (κ2) is 5.86. The molecular formula is C13H28N2. The van der Waals surface area contributed by atoms with Crippen LogP contribution in [0.1, 0.15) is 40.0 Å². The molecule has 1 fully saturated rings. The zero-order chi connectivity index (χ0) is 11.3. The number of nitrogens with zero attached hydrogens (tertiary/aromatic N) is 2. The molecule has 0 aromatic heterocycles. The summed E-state index contributed by atoms with van der Waals surface area (Å²) >= 11 is 0. The van der Waals surface area contributed by atoms with Crippen LogP contribution in [0.4, 0.5) is 0 Å². The molecule has 1 heterocycles. The number of rotatable bonds is 4. The molecule has 15 heavy (non-hydrogen) atoms. The summed E-state index contributed by atoms with van der Waals surface area (Å²) in [5, 5.41) is 0. The largest absolute Gasteiger partial charge is 0.305 e. The summed E-state index contributed by atoms with van der Waals surface area (Å²) in [6.07, 6.45) is 4.25. The first-order valence-corrected chi connectivity index (χ1v) is 6.38. The van der Waals surface area contributed by atoms with Crippen molar-refractivity contribution in [2.24, 2.45) is 5.41 Å². The normalized spacial score (nSPS) is 19.8. The molecular weight excluding hydrogens is 184 g/mol. The SMILES string of the molecule is CN(CCN1CCCCC1)CC(C)(C)C. The number of likely N-dealkylation sites (N-methyl/N-ethyl adjacent to an activating group) is 1. The molecule has 2 heteroatoms. The van der Waals surface area contributed by atoms with Crippen molar-refractivity contribution in [2.75, 3.05) is 39.8 Å². The molecule has 0 bridgehead atoms. The molecule has 0 aromatic carbocycles. The topological polar surface area (TPSA) is 6.48 Å². The van der Waals surface area contributed by atoms with E-state index in [1.165, 1.54) is 52.0 Å². The van der Waals surface area contributed by atoms with Crippen molar-refractivity contribution in [3.05, 3.63) is 0 Å². The van der Waals surface area contributed by atoms with Crippen molar-refractivity contribution in [3.8, 4) is 0 Å². The van der Waals surface area contributed by atoms with E-state index in [0.717, 1.165) is 0 Å². The minimum absolute atomic E-state index is 0.427. The summed E-state index contributed by atoms with van der Waals surface area (Å²) in [5.41, 5.74) is 0.427. The van der Waals surface area contributed by atoms with Crippen molar-refractivity contribution >= 4 is 0 Å². The third-order valence-electron chi connectivity index (χ3n) is 2.99. The van der Waals surface area contributed by atoms with Crippen molar-refractivity contribution in [2.45, 2.75) is 40.0 Å². The van der Waals surface area contributed by atoms with Gasteiger partial charge in [0.2, 0.25) is 0 Å². The van der Waals surface area contributed by atoms with E-state index in [1.807, 2.05) is 0 Å². The van der Waals surface area contributed by atoms with Gasteiger partial charge >= 0.3 is 0 Å². The fourth-order valence-electron chi connectivity index (χ4n) is 2.38. The molecule has 1 rings (SSSR count). The summed E-state index contributed by atoms with van der Waals surface area (Å²) in [5.74, 6) is 0. The maximum atomic E-state index is 2.61. The molecule has 90 valence electrons. The quantitative estimate of drug-likeness (QED) is 0.706. The lowest BCUT2D eigenvalue weighted by Crippen LogP contribution is -2.39. The highest BCUT2D eigenvalue weighted by Gasteiger charge is 2.15. The van der Waals surface area contributed by atoms with Gasteiger partial charge in [-0.2, -0.15) is 0 Å². The lowest BCUT2D eigenvalue weighted by Gasteiger charge is -2.31. The first-order valence-electron chi connectivity index (χ1n) is 6.38. The zero-order valence-electron chi connectivity index (χ0n) is 11.1. The van der Waals surface area contributed by atoms with Crippen LogP contribution in [0, 0.1) is 5.41 Å². The van der Waals surface area contributed by atoms with Gasteiger partial charge in [-0.05, 0) is 38.4 Å². The van der Waals surface area contributed by atoms with Crippen molar-refractivity contribution in [3.63, 3.8) is 0 Å². The summed E-state index contributed by atoms with van der Waals surface area (Å²) in [7, 11) is 2.25. The van der Waals surface area contributed by atoms with Gasteiger partial charge in [0.05, 0.1) is 0 Å². The zero-order valence-corrected chi connectivity index (χ0v) is 11.1. The Labute approximate surface area is 95.6 Å². The van der Waals surface area contributed by atoms with Gasteiger partial charge in [0, 0.05) is 19.6 Å². The summed E-state index contributed by atoms with van der Waals surface area (Å²) in [6, 6.07) is 0. The first kappa shape index (κ1) is 13.0. The molecule has 0 aromatic rings. The van der Waals surface area contributed by atoms with Gasteiger partial charge in [0.25, 0.3) is 0 Å². The van der Waals surface area contributed by atoms with Crippen molar-refractivity contribution < 1.29 is 0 Å². The van der Waals surface area contributed by atoms with Gasteiger partial charge in [0.15, 0.2) is 0 Å². The van der Waals surface area contributed by atoms with Crippen LogP contribution in [-0.4, -0.2) is 49.6 Å². The lowest BCUT2D eigenvalue weighted by molar-refractivity contribution is 0.170. The van der Waals surface area contributed by atoms with Gasteiger partial charge in [-0.1, -0.05) is 27.2 Å². The Morgan fingerprint density at radius 1 is 1.07 bits per heavy atom. The third kappa shape index (κ3) is 6.16. The summed E-state index contributed by atoms with van der Waals surface area (Å²) < 4.78 is 0. The molecule has 0 spiro atoms. The number of likely N-dealkylation sites (tertiary alicyclic amines) is 1. The molecule has 0 saturated carbocycles. The van der Waals surface area contributed by atoms with Gasteiger partial charge in [-0.25, -0.2) is 0 Å². The Morgan fingerprint density at radius 2 is 1.67 bits per heavy atom. The van der Waals surface area contributed by atoms with Crippen LogP contribution in [-0.2, 0) is 0 Å². The van der Waals surface area contributed by atoms with Crippen molar-refractivity contribution in [1.82, 2.24) is 9.80 Å². The second-order valence-electron chi connectivity index (χ2n) is 6.20. The Hall–Kier alpha value is -0.0800. The van der Waals surface area contributed by atoms with E-state index in [4.69, 9.17) is 0 Å². The van der Waals surface area contributed by atoms with Crippen LogP contribution in [0.25, 0.3) is 0 Å². The van der Waals surface area contributed by atoms with Crippen LogP contribution < -0.4 is 0 Å². The van der Waals surface area contributed by atoms with Crippen molar-refractivity contribution in [1.29, 1.82) is 0 Å². The van der Waals surface area contributed by atoms with E-state index < -0.39 is 0 Å². The third-order valence-corrected chi connectivity index (χ3v) is 2.99. The van der Waals surface area contributed by atoms with Crippen LogP contribution in [0.15, 0.2) is 0 Å². The van der Waals surface area contributed by atoms with E-state index in [2.05, 4.69) is 37.6 Å². The predicted molar refractivity (Wildman–Crippen MR) is 67.2 cm³/mol. The molecule has 0 amide bonds. The fraction of sp³-hybridized carbons (Fsp3) is 1.00. The first-order chi connectivity index (χ1) is 6.97. The van der Waals surface area contributed by atoms with Crippen LogP contribution >= 0.6 is 0 Å². The Balaban J connectivity index is 2.12. The van der Waals surface area contributed by atoms with E-state index >= 15 is 0 Å². The number of hydrogen-bond donors (Lipinski definition) is 0.